The molecule has 0 bridgehead atoms. The van der Waals surface area contributed by atoms with Crippen molar-refractivity contribution in [3.8, 4) is 0 Å². The average molecular weight is 124 g/mol. The molecule has 0 amide bonds. The van der Waals surface area contributed by atoms with Gasteiger partial charge in [-0.2, -0.15) is 0 Å². The number of methoxy groups -OCH3 is 1. The van der Waals surface area contributed by atoms with Gasteiger partial charge in [-0.05, 0) is 0 Å². The average Bonchev–Trinajstić information content (AvgIpc) is 1.82. The first kappa shape index (κ1) is 9.52. The minimum atomic E-state index is 0.296. The fraction of sp³-hybridized carbons (Fsp3) is 1.00. The first-order valence-electron chi connectivity index (χ1n) is 3.29. The molecule has 0 radical (unpaired) electrons. The molecular formula is C6H13LiO2. The van der Waals surface area contributed by atoms with Crippen molar-refractivity contribution in [1.82, 2.24) is 0 Å². The predicted octanol–water partition coefficient (Wildman–Crippen LogP) is 0.757. The van der Waals surface area contributed by atoms with Gasteiger partial charge in [-0.15, -0.1) is 0 Å². The van der Waals surface area contributed by atoms with Crippen LogP contribution in [0.5, 0.6) is 0 Å². The molecule has 0 spiro atoms. The third-order valence-electron chi connectivity index (χ3n) is 1.39. The number of ether oxygens (including phenoxy) is 2. The number of rotatable bonds is 4. The van der Waals surface area contributed by atoms with E-state index in [0.717, 1.165) is 0 Å². The van der Waals surface area contributed by atoms with Gasteiger partial charge in [0.2, 0.25) is 0 Å². The van der Waals surface area contributed by atoms with E-state index in [0.29, 0.717) is 17.5 Å². The van der Waals surface area contributed by atoms with Crippen LogP contribution in [0.4, 0.5) is 0 Å². The molecule has 0 aliphatic heterocycles. The molecule has 0 aliphatic rings. The van der Waals surface area contributed by atoms with Crippen LogP contribution in [0, 0.1) is 5.92 Å². The van der Waals surface area contributed by atoms with Gasteiger partial charge in [0.15, 0.2) is 0 Å². The van der Waals surface area contributed by atoms with E-state index < -0.39 is 0 Å². The molecule has 2 nitrogen and oxygen atoms in total. The van der Waals surface area contributed by atoms with E-state index in [9.17, 15) is 0 Å². The van der Waals surface area contributed by atoms with E-state index in [1.807, 2.05) is 17.7 Å². The van der Waals surface area contributed by atoms with Gasteiger partial charge in [0.1, 0.15) is 0 Å². The Kier molecular flexibility index (Phi) is 5.62. The van der Waals surface area contributed by atoms with E-state index in [4.69, 9.17) is 9.47 Å². The Morgan fingerprint density at radius 3 is 2.33 bits per heavy atom. The molecule has 0 aromatic heterocycles. The molecule has 0 aromatic carbocycles. The SMILES string of the molecule is [Li][CH](OCOC)C(C)C. The summed E-state index contributed by atoms with van der Waals surface area (Å²) in [6.45, 7) is 4.65. The van der Waals surface area contributed by atoms with Crippen LogP contribution >= 0.6 is 0 Å². The first-order valence-corrected chi connectivity index (χ1v) is 3.29. The van der Waals surface area contributed by atoms with Crippen molar-refractivity contribution < 1.29 is 9.47 Å². The Morgan fingerprint density at radius 2 is 2.00 bits per heavy atom. The van der Waals surface area contributed by atoms with Gasteiger partial charge >= 0.3 is 65.6 Å². The van der Waals surface area contributed by atoms with Crippen molar-refractivity contribution in [1.29, 1.82) is 0 Å². The van der Waals surface area contributed by atoms with Crippen molar-refractivity contribution in [2.24, 2.45) is 5.92 Å². The molecule has 3 heteroatoms. The molecule has 50 valence electrons. The van der Waals surface area contributed by atoms with Gasteiger partial charge in [-0.25, -0.2) is 0 Å². The summed E-state index contributed by atoms with van der Waals surface area (Å²) in [7, 11) is 1.63. The summed E-state index contributed by atoms with van der Waals surface area (Å²) in [6.07, 6.45) is 0. The second-order valence-electron chi connectivity index (χ2n) is 2.52. The van der Waals surface area contributed by atoms with E-state index in [1.54, 1.807) is 7.11 Å². The van der Waals surface area contributed by atoms with Crippen molar-refractivity contribution in [2.75, 3.05) is 13.9 Å². The van der Waals surface area contributed by atoms with Gasteiger partial charge in [0.25, 0.3) is 0 Å². The summed E-state index contributed by atoms with van der Waals surface area (Å²) < 4.78 is 10.3. The fourth-order valence-corrected chi connectivity index (χ4v) is 0.368. The zero-order valence-electron chi connectivity index (χ0n) is 6.68. The summed E-state index contributed by atoms with van der Waals surface area (Å²) in [5.41, 5.74) is 0. The van der Waals surface area contributed by atoms with E-state index >= 15 is 0 Å². The third-order valence-corrected chi connectivity index (χ3v) is 1.39. The topological polar surface area (TPSA) is 18.5 Å². The van der Waals surface area contributed by atoms with Gasteiger partial charge in [0.05, 0.1) is 0 Å². The molecule has 1 unspecified atom stereocenters. The summed E-state index contributed by atoms with van der Waals surface area (Å²) >= 11 is 2.05. The quantitative estimate of drug-likeness (QED) is 0.407. The van der Waals surface area contributed by atoms with Crippen molar-refractivity contribution in [2.45, 2.75) is 18.6 Å². The van der Waals surface area contributed by atoms with Crippen LogP contribution < -0.4 is 0 Å². The Morgan fingerprint density at radius 1 is 1.44 bits per heavy atom. The van der Waals surface area contributed by atoms with Crippen LogP contribution in [0.3, 0.4) is 0 Å². The molecule has 0 heterocycles. The van der Waals surface area contributed by atoms with Crippen LogP contribution in [-0.2, 0) is 9.47 Å². The summed E-state index contributed by atoms with van der Waals surface area (Å²) in [6, 6.07) is 0. The molecule has 0 saturated heterocycles. The minimum absolute atomic E-state index is 0.296. The van der Waals surface area contributed by atoms with Crippen LogP contribution in [-0.4, -0.2) is 36.4 Å². The van der Waals surface area contributed by atoms with Crippen LogP contribution in [0.1, 0.15) is 13.8 Å². The maximum atomic E-state index is 5.23. The molecule has 9 heavy (non-hydrogen) atoms. The van der Waals surface area contributed by atoms with Crippen LogP contribution in [0.2, 0.25) is 0 Å². The molecule has 1 atom stereocenters. The van der Waals surface area contributed by atoms with Crippen molar-refractivity contribution in [3.05, 3.63) is 0 Å². The monoisotopic (exact) mass is 124 g/mol. The summed E-state index contributed by atoms with van der Waals surface area (Å²) in [4.78, 5) is 0. The van der Waals surface area contributed by atoms with Crippen molar-refractivity contribution in [3.63, 3.8) is 0 Å². The number of hydrogen-bond donors (Lipinski definition) is 0. The van der Waals surface area contributed by atoms with E-state index in [1.165, 1.54) is 0 Å². The second-order valence-corrected chi connectivity index (χ2v) is 2.52. The van der Waals surface area contributed by atoms with Crippen molar-refractivity contribution >= 4 is 17.7 Å². The molecule has 0 N–H and O–H groups in total. The molecule has 0 fully saturated rings. The Hall–Kier alpha value is 0.517. The summed E-state index contributed by atoms with van der Waals surface area (Å²) in [5.74, 6) is 0.570. The standard InChI is InChI=1S/C6H13O2.Li/c1-6(2)4-8-5-7-3;/h4,6H,5H2,1-3H3;. The molecule has 0 aromatic rings. The molecular weight excluding hydrogens is 111 g/mol. The van der Waals surface area contributed by atoms with Gasteiger partial charge in [-0.1, -0.05) is 0 Å². The maximum absolute atomic E-state index is 5.23. The van der Waals surface area contributed by atoms with E-state index in [-0.39, 0.29) is 0 Å². The second kappa shape index (κ2) is 5.31. The zero-order valence-corrected chi connectivity index (χ0v) is 6.68. The number of hydrogen-bond acceptors (Lipinski definition) is 2. The third kappa shape index (κ3) is 4.99. The Labute approximate surface area is 66.1 Å². The Bertz CT molecular complexity index is 66.1. The van der Waals surface area contributed by atoms with E-state index in [2.05, 4.69) is 13.8 Å². The molecule has 0 saturated carbocycles. The zero-order chi connectivity index (χ0) is 7.28. The van der Waals surface area contributed by atoms with Gasteiger partial charge in [-0.3, -0.25) is 0 Å². The van der Waals surface area contributed by atoms with Gasteiger partial charge < -0.3 is 0 Å². The van der Waals surface area contributed by atoms with Crippen LogP contribution in [0.15, 0.2) is 0 Å². The normalized spacial score (nSPS) is 14.4. The molecule has 0 rings (SSSR count). The van der Waals surface area contributed by atoms with Crippen LogP contribution in [0.25, 0.3) is 0 Å². The molecule has 0 aliphatic carbocycles. The first-order chi connectivity index (χ1) is 4.18. The predicted molar refractivity (Wildman–Crippen MR) is 37.3 cm³/mol. The Balaban J connectivity index is 3.16. The fourth-order valence-electron chi connectivity index (χ4n) is 0.368. The summed E-state index contributed by atoms with van der Waals surface area (Å²) in [5, 5.41) is 0. The van der Waals surface area contributed by atoms with Gasteiger partial charge in [0, 0.05) is 0 Å².